The van der Waals surface area contributed by atoms with E-state index in [0.717, 1.165) is 6.42 Å². The van der Waals surface area contributed by atoms with Crippen LogP contribution in [-0.4, -0.2) is 63.1 Å². The summed E-state index contributed by atoms with van der Waals surface area (Å²) in [6.45, 7) is 6.14. The van der Waals surface area contributed by atoms with Crippen molar-refractivity contribution >= 4 is 35.1 Å². The molecule has 0 spiro atoms. The third-order valence-electron chi connectivity index (χ3n) is 7.75. The molecular formula is C30H31Cl2N5O5. The number of esters is 1. The van der Waals surface area contributed by atoms with Crippen LogP contribution in [0.3, 0.4) is 0 Å². The Bertz CT molecular complexity index is 1670. The summed E-state index contributed by atoms with van der Waals surface area (Å²) in [7, 11) is 4.67. The Hall–Kier alpha value is -4.02. The maximum Gasteiger partial charge on any atom is 0.327 e. The Morgan fingerprint density at radius 1 is 1.10 bits per heavy atom. The fraction of sp³-hybridized carbons (Fsp3) is 0.333. The number of nitrogens with zero attached hydrogens (tertiary/aromatic N) is 5. The monoisotopic (exact) mass is 611 g/mol. The van der Waals surface area contributed by atoms with Crippen LogP contribution < -0.4 is 9.47 Å². The largest absolute Gasteiger partial charge is 0.496 e. The molecule has 0 N–H and O–H groups in total. The van der Waals surface area contributed by atoms with Gasteiger partial charge in [-0.15, -0.1) is 0 Å². The second-order valence-corrected chi connectivity index (χ2v) is 11.5. The molecule has 0 aliphatic carbocycles. The molecule has 2 aromatic heterocycles. The standard InChI is InChI=1S/C30H31Cl2N5O5/c1-7-30(2,3)35(4)29(39)27-23-16-42-25-12-24(40-5)21(17-13-33-36(14-17)15-26(38)41-6)11-22(25)28(23)37(34-27)20-9-18(31)8-19(32)10-20/h8-14H,7,15-16H2,1-6H3. The number of hydrogen-bond acceptors (Lipinski definition) is 7. The summed E-state index contributed by atoms with van der Waals surface area (Å²) in [4.78, 5) is 27.4. The lowest BCUT2D eigenvalue weighted by Crippen LogP contribution is -2.45. The number of ether oxygens (including phenoxy) is 3. The van der Waals surface area contributed by atoms with E-state index in [1.165, 1.54) is 11.8 Å². The van der Waals surface area contributed by atoms with Crippen molar-refractivity contribution < 1.29 is 23.8 Å². The molecule has 220 valence electrons. The van der Waals surface area contributed by atoms with E-state index in [4.69, 9.17) is 42.5 Å². The normalized spacial score (nSPS) is 12.3. The minimum absolute atomic E-state index is 0.0353. The van der Waals surface area contributed by atoms with Gasteiger partial charge in [0.2, 0.25) is 0 Å². The highest BCUT2D eigenvalue weighted by Crippen LogP contribution is 2.46. The summed E-state index contributed by atoms with van der Waals surface area (Å²) in [5.41, 5.74) is 3.89. The van der Waals surface area contributed by atoms with Crippen LogP contribution in [0.1, 0.15) is 43.2 Å². The van der Waals surface area contributed by atoms with E-state index in [1.54, 1.807) is 60.4 Å². The number of hydrogen-bond donors (Lipinski definition) is 0. The molecule has 0 saturated carbocycles. The fourth-order valence-corrected chi connectivity index (χ4v) is 5.27. The maximum atomic E-state index is 13.9. The number of methoxy groups -OCH3 is 2. The summed E-state index contributed by atoms with van der Waals surface area (Å²) in [6, 6.07) is 8.82. The average Bonchev–Trinajstić information content (AvgIpc) is 3.60. The highest BCUT2D eigenvalue weighted by atomic mass is 35.5. The second-order valence-electron chi connectivity index (χ2n) is 10.6. The first-order valence-electron chi connectivity index (χ1n) is 13.3. The van der Waals surface area contributed by atoms with E-state index in [1.807, 2.05) is 26.8 Å². The zero-order valence-electron chi connectivity index (χ0n) is 24.2. The highest BCUT2D eigenvalue weighted by Gasteiger charge is 2.35. The molecule has 4 aromatic rings. The van der Waals surface area contributed by atoms with Gasteiger partial charge in [0.25, 0.3) is 5.91 Å². The topological polar surface area (TPSA) is 101 Å². The molecule has 1 aliphatic heterocycles. The molecule has 0 bridgehead atoms. The van der Waals surface area contributed by atoms with Crippen molar-refractivity contribution in [2.24, 2.45) is 0 Å². The first-order valence-corrected chi connectivity index (χ1v) is 14.0. The Morgan fingerprint density at radius 3 is 2.45 bits per heavy atom. The number of aromatic nitrogens is 4. The van der Waals surface area contributed by atoms with Gasteiger partial charge in [-0.3, -0.25) is 14.3 Å². The Morgan fingerprint density at radius 2 is 1.81 bits per heavy atom. The zero-order valence-corrected chi connectivity index (χ0v) is 25.7. The van der Waals surface area contributed by atoms with Gasteiger partial charge < -0.3 is 19.1 Å². The third kappa shape index (κ3) is 5.32. The van der Waals surface area contributed by atoms with Crippen LogP contribution >= 0.6 is 23.2 Å². The van der Waals surface area contributed by atoms with Crippen LogP contribution in [-0.2, 0) is 22.7 Å². The van der Waals surface area contributed by atoms with Crippen LogP contribution in [0.4, 0.5) is 0 Å². The number of amides is 1. The van der Waals surface area contributed by atoms with Gasteiger partial charge in [-0.1, -0.05) is 30.1 Å². The van der Waals surface area contributed by atoms with Crippen LogP contribution in [0, 0.1) is 0 Å². The number of carbonyl (C=O) groups excluding carboxylic acids is 2. The summed E-state index contributed by atoms with van der Waals surface area (Å²) in [6.07, 6.45) is 4.13. The minimum Gasteiger partial charge on any atom is -0.496 e. The first-order chi connectivity index (χ1) is 20.0. The average molecular weight is 613 g/mol. The molecule has 42 heavy (non-hydrogen) atoms. The van der Waals surface area contributed by atoms with Gasteiger partial charge in [-0.05, 0) is 44.5 Å². The molecule has 0 saturated heterocycles. The smallest absolute Gasteiger partial charge is 0.327 e. The van der Waals surface area contributed by atoms with Gasteiger partial charge in [0.1, 0.15) is 24.7 Å². The van der Waals surface area contributed by atoms with E-state index in [0.29, 0.717) is 55.2 Å². The predicted octanol–water partition coefficient (Wildman–Crippen LogP) is 6.04. The van der Waals surface area contributed by atoms with Crippen molar-refractivity contribution in [1.82, 2.24) is 24.5 Å². The molecule has 10 nitrogen and oxygen atoms in total. The molecule has 1 aliphatic rings. The molecule has 0 radical (unpaired) electrons. The minimum atomic E-state index is -0.419. The van der Waals surface area contributed by atoms with E-state index >= 15 is 0 Å². The molecular weight excluding hydrogens is 581 g/mol. The van der Waals surface area contributed by atoms with Gasteiger partial charge >= 0.3 is 5.97 Å². The summed E-state index contributed by atoms with van der Waals surface area (Å²) >= 11 is 12.8. The van der Waals surface area contributed by atoms with Gasteiger partial charge in [-0.2, -0.15) is 10.2 Å². The SMILES string of the molecule is CCC(C)(C)N(C)C(=O)c1nn(-c2cc(Cl)cc(Cl)c2)c2c1COc1cc(OC)c(-c3cnn(CC(=O)OC)c3)cc1-2. The molecule has 5 rings (SSSR count). The van der Waals surface area contributed by atoms with Crippen molar-refractivity contribution in [3.05, 3.63) is 64.0 Å². The highest BCUT2D eigenvalue weighted by molar-refractivity contribution is 6.34. The summed E-state index contributed by atoms with van der Waals surface area (Å²) in [5, 5.41) is 10.00. The Kier molecular flexibility index (Phi) is 7.96. The molecule has 3 heterocycles. The van der Waals surface area contributed by atoms with Gasteiger partial charge in [0, 0.05) is 57.1 Å². The second kappa shape index (κ2) is 11.3. The predicted molar refractivity (Wildman–Crippen MR) is 160 cm³/mol. The van der Waals surface area contributed by atoms with Gasteiger partial charge in [0.15, 0.2) is 5.69 Å². The number of halogens is 2. The van der Waals surface area contributed by atoms with Gasteiger partial charge in [-0.25, -0.2) is 4.68 Å². The third-order valence-corrected chi connectivity index (χ3v) is 8.18. The van der Waals surface area contributed by atoms with Crippen molar-refractivity contribution in [1.29, 1.82) is 0 Å². The Labute approximate surface area is 253 Å². The number of rotatable bonds is 8. The molecule has 0 unspecified atom stereocenters. The van der Waals surface area contributed by atoms with Gasteiger partial charge in [0.05, 0.1) is 31.8 Å². The van der Waals surface area contributed by atoms with Crippen LogP contribution in [0.5, 0.6) is 11.5 Å². The summed E-state index contributed by atoms with van der Waals surface area (Å²) < 4.78 is 19.8. The maximum absolute atomic E-state index is 13.9. The lowest BCUT2D eigenvalue weighted by molar-refractivity contribution is -0.141. The quantitative estimate of drug-likeness (QED) is 0.224. The van der Waals surface area contributed by atoms with Crippen LogP contribution in [0.15, 0.2) is 42.7 Å². The van der Waals surface area contributed by atoms with Crippen molar-refractivity contribution in [3.8, 4) is 39.6 Å². The lowest BCUT2D eigenvalue weighted by Gasteiger charge is -2.34. The van der Waals surface area contributed by atoms with E-state index in [-0.39, 0.29) is 24.8 Å². The van der Waals surface area contributed by atoms with Crippen molar-refractivity contribution in [2.45, 2.75) is 45.9 Å². The van der Waals surface area contributed by atoms with E-state index < -0.39 is 11.5 Å². The number of fused-ring (bicyclic) bond motifs is 3. The number of carbonyl (C=O) groups is 2. The zero-order chi connectivity index (χ0) is 30.3. The number of benzene rings is 2. The van der Waals surface area contributed by atoms with Crippen molar-refractivity contribution in [3.63, 3.8) is 0 Å². The fourth-order valence-electron chi connectivity index (χ4n) is 4.75. The van der Waals surface area contributed by atoms with E-state index in [2.05, 4.69) is 5.10 Å². The first kappa shape index (κ1) is 29.5. The van der Waals surface area contributed by atoms with Crippen LogP contribution in [0.25, 0.3) is 28.1 Å². The molecule has 0 fully saturated rings. The lowest BCUT2D eigenvalue weighted by atomic mass is 9.96. The van der Waals surface area contributed by atoms with Crippen molar-refractivity contribution in [2.75, 3.05) is 21.3 Å². The molecule has 0 atom stereocenters. The molecule has 2 aromatic carbocycles. The molecule has 1 amide bonds. The Balaban J connectivity index is 1.72. The van der Waals surface area contributed by atoms with Crippen LogP contribution in [0.2, 0.25) is 10.0 Å². The van der Waals surface area contributed by atoms with E-state index in [9.17, 15) is 9.59 Å². The molecule has 12 heteroatoms. The summed E-state index contributed by atoms with van der Waals surface area (Å²) in [5.74, 6) is 0.459.